The summed E-state index contributed by atoms with van der Waals surface area (Å²) in [6.07, 6.45) is 5.47. The van der Waals surface area contributed by atoms with Crippen molar-refractivity contribution in [3.05, 3.63) is 41.6 Å². The van der Waals surface area contributed by atoms with Crippen molar-refractivity contribution >= 4 is 15.7 Å². The Balaban J connectivity index is 1.61. The summed E-state index contributed by atoms with van der Waals surface area (Å²) >= 11 is 0. The molecule has 0 unspecified atom stereocenters. The van der Waals surface area contributed by atoms with Crippen LogP contribution in [0.25, 0.3) is 0 Å². The van der Waals surface area contributed by atoms with Gasteiger partial charge in [0.2, 0.25) is 0 Å². The van der Waals surface area contributed by atoms with Gasteiger partial charge < -0.3 is 4.74 Å². The van der Waals surface area contributed by atoms with E-state index in [2.05, 4.69) is 9.82 Å². The molecule has 122 valence electrons. The molecule has 0 bridgehead atoms. The molecule has 1 fully saturated rings. The molecule has 4 rings (SSSR count). The monoisotopic (exact) mass is 333 g/mol. The van der Waals surface area contributed by atoms with Gasteiger partial charge in [-0.3, -0.25) is 4.72 Å². The molecule has 1 N–H and O–H groups in total. The largest absolute Gasteiger partial charge is 0.376 e. The summed E-state index contributed by atoms with van der Waals surface area (Å²) in [6.45, 7) is 1.27. The molecule has 2 aliphatic rings. The molecule has 1 aromatic heterocycles. The predicted octanol–water partition coefficient (Wildman–Crippen LogP) is 2.48. The Morgan fingerprint density at radius 3 is 2.87 bits per heavy atom. The summed E-state index contributed by atoms with van der Waals surface area (Å²) in [4.78, 5) is 0. The van der Waals surface area contributed by atoms with Crippen LogP contribution < -0.4 is 4.72 Å². The minimum atomic E-state index is -3.63. The number of benzene rings is 1. The zero-order valence-corrected chi connectivity index (χ0v) is 13.6. The number of sulfonamides is 1. The first-order valence-electron chi connectivity index (χ1n) is 7.89. The molecule has 0 amide bonds. The van der Waals surface area contributed by atoms with E-state index in [1.165, 1.54) is 0 Å². The lowest BCUT2D eigenvalue weighted by atomic mass is 9.93. The first-order chi connectivity index (χ1) is 11.1. The van der Waals surface area contributed by atoms with Gasteiger partial charge in [-0.25, -0.2) is 4.68 Å². The molecule has 2 aromatic rings. The van der Waals surface area contributed by atoms with Crippen LogP contribution in [0.2, 0.25) is 0 Å². The van der Waals surface area contributed by atoms with E-state index < -0.39 is 10.0 Å². The van der Waals surface area contributed by atoms with Gasteiger partial charge in [0.05, 0.1) is 25.5 Å². The van der Waals surface area contributed by atoms with E-state index >= 15 is 0 Å². The molecule has 0 radical (unpaired) electrons. The molecule has 7 heteroatoms. The summed E-state index contributed by atoms with van der Waals surface area (Å²) in [7, 11) is -3.63. The Kier molecular flexibility index (Phi) is 3.61. The van der Waals surface area contributed by atoms with E-state index in [0.29, 0.717) is 18.9 Å². The SMILES string of the molecule is O=S(=O)(Nc1ccc2c(c1)CCOC2)c1ccnn1C1CCC1. The topological polar surface area (TPSA) is 73.2 Å². The molecule has 1 aliphatic heterocycles. The van der Waals surface area contributed by atoms with E-state index in [-0.39, 0.29) is 11.1 Å². The molecule has 1 saturated carbocycles. The second-order valence-corrected chi connectivity index (χ2v) is 7.72. The molecule has 0 atom stereocenters. The molecule has 0 spiro atoms. The number of aromatic nitrogens is 2. The fraction of sp³-hybridized carbons (Fsp3) is 0.438. The molecule has 0 saturated heterocycles. The summed E-state index contributed by atoms with van der Waals surface area (Å²) in [6, 6.07) is 7.38. The van der Waals surface area contributed by atoms with Crippen molar-refractivity contribution < 1.29 is 13.2 Å². The number of nitrogens with zero attached hydrogens (tertiary/aromatic N) is 2. The highest BCUT2D eigenvalue weighted by atomic mass is 32.2. The lowest BCUT2D eigenvalue weighted by Crippen LogP contribution is -2.24. The van der Waals surface area contributed by atoms with Crippen molar-refractivity contribution in [2.45, 2.75) is 43.4 Å². The Bertz CT molecular complexity index is 825. The summed E-state index contributed by atoms with van der Waals surface area (Å²) < 4.78 is 35.1. The van der Waals surface area contributed by atoms with Gasteiger partial charge in [-0.15, -0.1) is 0 Å². The normalized spacial score (nSPS) is 18.3. The lowest BCUT2D eigenvalue weighted by Gasteiger charge is -2.27. The van der Waals surface area contributed by atoms with Gasteiger partial charge in [0.1, 0.15) is 0 Å². The van der Waals surface area contributed by atoms with Crippen molar-refractivity contribution in [2.24, 2.45) is 0 Å². The average molecular weight is 333 g/mol. The van der Waals surface area contributed by atoms with Crippen molar-refractivity contribution in [3.8, 4) is 0 Å². The third-order valence-corrected chi connectivity index (χ3v) is 5.94. The van der Waals surface area contributed by atoms with E-state index in [0.717, 1.165) is 36.8 Å². The summed E-state index contributed by atoms with van der Waals surface area (Å²) in [5.74, 6) is 0. The number of anilines is 1. The summed E-state index contributed by atoms with van der Waals surface area (Å²) in [5.41, 5.74) is 2.86. The van der Waals surface area contributed by atoms with E-state index in [4.69, 9.17) is 4.74 Å². The number of ether oxygens (including phenoxy) is 1. The Morgan fingerprint density at radius 1 is 1.22 bits per heavy atom. The van der Waals surface area contributed by atoms with Crippen LogP contribution in [0.5, 0.6) is 0 Å². The Hall–Kier alpha value is -1.86. The number of hydrogen-bond acceptors (Lipinski definition) is 4. The number of nitrogens with one attached hydrogen (secondary N) is 1. The molecule has 6 nitrogen and oxygen atoms in total. The van der Waals surface area contributed by atoms with Crippen LogP contribution in [0.1, 0.15) is 36.4 Å². The smallest absolute Gasteiger partial charge is 0.279 e. The van der Waals surface area contributed by atoms with Gasteiger partial charge in [0.25, 0.3) is 10.0 Å². The Morgan fingerprint density at radius 2 is 2.09 bits per heavy atom. The quantitative estimate of drug-likeness (QED) is 0.933. The first kappa shape index (κ1) is 14.7. The van der Waals surface area contributed by atoms with E-state index in [1.54, 1.807) is 23.0 Å². The standard InChI is InChI=1S/C16H19N3O3S/c20-23(21,16-6-8-17-19(16)15-2-1-3-15)18-14-5-4-13-11-22-9-7-12(13)10-14/h4-6,8,10,15,18H,1-3,7,9,11H2. The van der Waals surface area contributed by atoms with Gasteiger partial charge in [-0.1, -0.05) is 6.07 Å². The van der Waals surface area contributed by atoms with Crippen LogP contribution in [0.15, 0.2) is 35.5 Å². The highest BCUT2D eigenvalue weighted by Gasteiger charge is 2.28. The Labute approximate surface area is 135 Å². The lowest BCUT2D eigenvalue weighted by molar-refractivity contribution is 0.111. The third kappa shape index (κ3) is 2.74. The van der Waals surface area contributed by atoms with Gasteiger partial charge in [0, 0.05) is 5.69 Å². The highest BCUT2D eigenvalue weighted by molar-refractivity contribution is 7.92. The van der Waals surface area contributed by atoms with Crippen LogP contribution >= 0.6 is 0 Å². The molecule has 23 heavy (non-hydrogen) atoms. The maximum absolute atomic E-state index is 12.7. The van der Waals surface area contributed by atoms with Crippen LogP contribution in [-0.4, -0.2) is 24.8 Å². The highest BCUT2D eigenvalue weighted by Crippen LogP contribution is 2.33. The molecule has 2 heterocycles. The maximum atomic E-state index is 12.7. The fourth-order valence-corrected chi connectivity index (χ4v) is 4.28. The molecular formula is C16H19N3O3S. The average Bonchev–Trinajstić information content (AvgIpc) is 2.95. The van der Waals surface area contributed by atoms with Gasteiger partial charge in [0.15, 0.2) is 5.03 Å². The minimum Gasteiger partial charge on any atom is -0.376 e. The zero-order valence-electron chi connectivity index (χ0n) is 12.7. The molecule has 1 aliphatic carbocycles. The van der Waals surface area contributed by atoms with Crippen molar-refractivity contribution in [1.82, 2.24) is 9.78 Å². The van der Waals surface area contributed by atoms with Crippen LogP contribution in [0, 0.1) is 0 Å². The van der Waals surface area contributed by atoms with Crippen LogP contribution in [-0.2, 0) is 27.8 Å². The van der Waals surface area contributed by atoms with Gasteiger partial charge in [-0.05, 0) is 55.0 Å². The van der Waals surface area contributed by atoms with Gasteiger partial charge >= 0.3 is 0 Å². The van der Waals surface area contributed by atoms with Gasteiger partial charge in [-0.2, -0.15) is 13.5 Å². The number of rotatable bonds is 4. The fourth-order valence-electron chi connectivity index (χ4n) is 3.06. The van der Waals surface area contributed by atoms with Crippen molar-refractivity contribution in [2.75, 3.05) is 11.3 Å². The summed E-state index contributed by atoms with van der Waals surface area (Å²) in [5, 5.41) is 4.44. The predicted molar refractivity (Wildman–Crippen MR) is 85.7 cm³/mol. The van der Waals surface area contributed by atoms with Crippen LogP contribution in [0.4, 0.5) is 5.69 Å². The first-order valence-corrected chi connectivity index (χ1v) is 9.38. The van der Waals surface area contributed by atoms with Crippen molar-refractivity contribution in [3.63, 3.8) is 0 Å². The maximum Gasteiger partial charge on any atom is 0.279 e. The van der Waals surface area contributed by atoms with Crippen molar-refractivity contribution in [1.29, 1.82) is 0 Å². The molecule has 1 aromatic carbocycles. The second kappa shape index (κ2) is 5.65. The number of hydrogen-bond donors (Lipinski definition) is 1. The minimum absolute atomic E-state index is 0.206. The van der Waals surface area contributed by atoms with E-state index in [1.807, 2.05) is 12.1 Å². The third-order valence-electron chi connectivity index (χ3n) is 4.56. The van der Waals surface area contributed by atoms with Crippen LogP contribution in [0.3, 0.4) is 0 Å². The molecular weight excluding hydrogens is 314 g/mol. The zero-order chi connectivity index (χ0) is 15.9. The number of fused-ring (bicyclic) bond motifs is 1. The second-order valence-electron chi connectivity index (χ2n) is 6.09. The van der Waals surface area contributed by atoms with E-state index in [9.17, 15) is 8.42 Å².